The minimum absolute atomic E-state index is 0.313. The van der Waals surface area contributed by atoms with E-state index in [0.29, 0.717) is 40.1 Å². The number of furan rings is 1. The first-order valence-corrected chi connectivity index (χ1v) is 7.65. The zero-order valence-electron chi connectivity index (χ0n) is 10.3. The van der Waals surface area contributed by atoms with Gasteiger partial charge in [0.1, 0.15) is 6.04 Å². The molecule has 0 aromatic carbocycles. The second-order valence-corrected chi connectivity index (χ2v) is 5.78. The van der Waals surface area contributed by atoms with Gasteiger partial charge in [-0.15, -0.1) is 10.2 Å². The lowest BCUT2D eigenvalue weighted by atomic mass is 10.2. The SMILES string of the molecule is NC(CCSCc1nnc(-c2ccc(Br)o2)o1)C(=O)O. The normalized spacial score (nSPS) is 12.5. The smallest absolute Gasteiger partial charge is 0.320 e. The summed E-state index contributed by atoms with van der Waals surface area (Å²) in [6, 6.07) is 2.63. The van der Waals surface area contributed by atoms with Crippen molar-refractivity contribution in [1.82, 2.24) is 10.2 Å². The van der Waals surface area contributed by atoms with Crippen LogP contribution >= 0.6 is 27.7 Å². The summed E-state index contributed by atoms with van der Waals surface area (Å²) >= 11 is 4.68. The van der Waals surface area contributed by atoms with Gasteiger partial charge in [-0.25, -0.2) is 0 Å². The summed E-state index contributed by atoms with van der Waals surface area (Å²) in [5.74, 6) is 1.39. The maximum Gasteiger partial charge on any atom is 0.320 e. The first-order chi connectivity index (χ1) is 9.56. The van der Waals surface area contributed by atoms with Gasteiger partial charge in [0.15, 0.2) is 10.4 Å². The molecule has 0 saturated heterocycles. The standard InChI is InChI=1S/C11H12BrN3O4S/c12-8-2-1-7(18-8)10-15-14-9(19-10)5-20-4-3-6(13)11(16)17/h1-2,6H,3-5,13H2,(H,16,17). The van der Waals surface area contributed by atoms with Crippen LogP contribution in [0.25, 0.3) is 11.7 Å². The van der Waals surface area contributed by atoms with E-state index in [1.807, 2.05) is 0 Å². The van der Waals surface area contributed by atoms with Crippen LogP contribution in [0.1, 0.15) is 12.3 Å². The van der Waals surface area contributed by atoms with Crippen LogP contribution in [0, 0.1) is 0 Å². The van der Waals surface area contributed by atoms with E-state index in [1.165, 1.54) is 11.8 Å². The van der Waals surface area contributed by atoms with Gasteiger partial charge in [0.25, 0.3) is 5.89 Å². The molecule has 2 aromatic heterocycles. The Labute approximate surface area is 127 Å². The maximum atomic E-state index is 10.5. The number of hydrogen-bond donors (Lipinski definition) is 2. The number of halogens is 1. The van der Waals surface area contributed by atoms with Crippen molar-refractivity contribution in [3.05, 3.63) is 22.7 Å². The molecule has 0 aliphatic carbocycles. The minimum Gasteiger partial charge on any atom is -0.480 e. The fraction of sp³-hybridized carbons (Fsp3) is 0.364. The van der Waals surface area contributed by atoms with Crippen LogP contribution in [0.3, 0.4) is 0 Å². The fourth-order valence-corrected chi connectivity index (χ4v) is 2.50. The Kier molecular flexibility index (Phi) is 5.21. The molecule has 0 spiro atoms. The number of rotatable bonds is 7. The number of thioether (sulfide) groups is 1. The zero-order valence-corrected chi connectivity index (χ0v) is 12.7. The van der Waals surface area contributed by atoms with Gasteiger partial charge in [-0.1, -0.05) is 0 Å². The highest BCUT2D eigenvalue weighted by atomic mass is 79.9. The van der Waals surface area contributed by atoms with Crippen LogP contribution in [-0.4, -0.2) is 33.1 Å². The van der Waals surface area contributed by atoms with Crippen molar-refractivity contribution in [3.63, 3.8) is 0 Å². The highest BCUT2D eigenvalue weighted by Crippen LogP contribution is 2.24. The van der Waals surface area contributed by atoms with E-state index in [4.69, 9.17) is 19.7 Å². The lowest BCUT2D eigenvalue weighted by molar-refractivity contribution is -0.138. The van der Waals surface area contributed by atoms with Gasteiger partial charge >= 0.3 is 5.97 Å². The van der Waals surface area contributed by atoms with Crippen molar-refractivity contribution in [1.29, 1.82) is 0 Å². The Morgan fingerprint density at radius 2 is 2.25 bits per heavy atom. The van der Waals surface area contributed by atoms with Crippen LogP contribution in [0.4, 0.5) is 0 Å². The third-order valence-corrected chi connectivity index (χ3v) is 3.77. The number of carboxylic acids is 1. The molecule has 7 nitrogen and oxygen atoms in total. The number of nitrogens with zero attached hydrogens (tertiary/aromatic N) is 2. The van der Waals surface area contributed by atoms with Gasteiger partial charge in [-0.2, -0.15) is 11.8 Å². The maximum absolute atomic E-state index is 10.5. The summed E-state index contributed by atoms with van der Waals surface area (Å²) in [6.07, 6.45) is 0.395. The van der Waals surface area contributed by atoms with Crippen LogP contribution in [0.2, 0.25) is 0 Å². The van der Waals surface area contributed by atoms with Gasteiger partial charge in [-0.05, 0) is 40.2 Å². The zero-order chi connectivity index (χ0) is 14.5. The second kappa shape index (κ2) is 6.91. The molecule has 2 aromatic rings. The van der Waals surface area contributed by atoms with Crippen molar-refractivity contribution in [2.45, 2.75) is 18.2 Å². The molecule has 9 heteroatoms. The summed E-state index contributed by atoms with van der Waals surface area (Å²) in [7, 11) is 0. The Bertz CT molecular complexity index is 586. The van der Waals surface area contributed by atoms with Gasteiger partial charge in [-0.3, -0.25) is 4.79 Å². The predicted octanol–water partition coefficient (Wildman–Crippen LogP) is 2.13. The molecule has 2 heterocycles. The van der Waals surface area contributed by atoms with Crippen molar-refractivity contribution >= 4 is 33.7 Å². The third-order valence-electron chi connectivity index (χ3n) is 2.37. The molecule has 2 rings (SSSR count). The Morgan fingerprint density at radius 3 is 2.90 bits per heavy atom. The molecule has 108 valence electrons. The number of hydrogen-bond acceptors (Lipinski definition) is 7. The molecule has 0 fully saturated rings. The van der Waals surface area contributed by atoms with E-state index >= 15 is 0 Å². The molecule has 0 radical (unpaired) electrons. The summed E-state index contributed by atoms with van der Waals surface area (Å²) in [4.78, 5) is 10.5. The fourth-order valence-electron chi connectivity index (χ4n) is 1.33. The summed E-state index contributed by atoms with van der Waals surface area (Å²) in [5.41, 5.74) is 5.40. The number of carbonyl (C=O) groups is 1. The largest absolute Gasteiger partial charge is 0.480 e. The molecule has 20 heavy (non-hydrogen) atoms. The minimum atomic E-state index is -0.992. The van der Waals surface area contributed by atoms with Crippen LogP contribution in [-0.2, 0) is 10.5 Å². The Hall–Kier alpha value is -1.32. The van der Waals surface area contributed by atoms with E-state index in [0.717, 1.165) is 0 Å². The molecule has 0 aliphatic heterocycles. The van der Waals surface area contributed by atoms with E-state index in [-0.39, 0.29) is 0 Å². The summed E-state index contributed by atoms with van der Waals surface area (Å²) in [5, 5.41) is 16.4. The Morgan fingerprint density at radius 1 is 1.45 bits per heavy atom. The van der Waals surface area contributed by atoms with Gasteiger partial charge in [0.05, 0.1) is 5.75 Å². The number of carboxylic acid groups (broad SMARTS) is 1. The lowest BCUT2D eigenvalue weighted by Crippen LogP contribution is -2.30. The topological polar surface area (TPSA) is 115 Å². The second-order valence-electron chi connectivity index (χ2n) is 3.89. The van der Waals surface area contributed by atoms with Crippen LogP contribution in [0.5, 0.6) is 0 Å². The average Bonchev–Trinajstić information content (AvgIpc) is 3.03. The number of nitrogens with two attached hydrogens (primary N) is 1. The number of aromatic nitrogens is 2. The lowest BCUT2D eigenvalue weighted by Gasteiger charge is -2.04. The molecular weight excluding hydrogens is 350 g/mol. The van der Waals surface area contributed by atoms with Crippen molar-refractivity contribution in [3.8, 4) is 11.7 Å². The molecule has 0 bridgehead atoms. The quantitative estimate of drug-likeness (QED) is 0.720. The van der Waals surface area contributed by atoms with Crippen molar-refractivity contribution in [2.24, 2.45) is 5.73 Å². The highest BCUT2D eigenvalue weighted by molar-refractivity contribution is 9.10. The summed E-state index contributed by atoms with van der Waals surface area (Å²) < 4.78 is 11.3. The average molecular weight is 362 g/mol. The molecular formula is C11H12BrN3O4S. The van der Waals surface area contributed by atoms with E-state index in [2.05, 4.69) is 26.1 Å². The van der Waals surface area contributed by atoms with E-state index in [1.54, 1.807) is 12.1 Å². The van der Waals surface area contributed by atoms with Crippen LogP contribution < -0.4 is 5.73 Å². The van der Waals surface area contributed by atoms with Gasteiger partial charge in [0.2, 0.25) is 5.89 Å². The molecule has 0 saturated carbocycles. The first kappa shape index (κ1) is 15.1. The summed E-state index contributed by atoms with van der Waals surface area (Å²) in [6.45, 7) is 0. The predicted molar refractivity (Wildman–Crippen MR) is 76.1 cm³/mol. The molecule has 3 N–H and O–H groups in total. The monoisotopic (exact) mass is 361 g/mol. The number of aliphatic carboxylic acids is 1. The van der Waals surface area contributed by atoms with Crippen molar-refractivity contribution < 1.29 is 18.7 Å². The van der Waals surface area contributed by atoms with E-state index < -0.39 is 12.0 Å². The molecule has 0 amide bonds. The van der Waals surface area contributed by atoms with Gasteiger partial charge in [0, 0.05) is 0 Å². The van der Waals surface area contributed by atoms with Crippen LogP contribution in [0.15, 0.2) is 25.6 Å². The highest BCUT2D eigenvalue weighted by Gasteiger charge is 2.13. The van der Waals surface area contributed by atoms with Crippen molar-refractivity contribution in [2.75, 3.05) is 5.75 Å². The third kappa shape index (κ3) is 4.09. The molecule has 1 unspecified atom stereocenters. The molecule has 1 atom stereocenters. The van der Waals surface area contributed by atoms with Gasteiger partial charge < -0.3 is 19.7 Å². The molecule has 0 aliphatic rings. The van der Waals surface area contributed by atoms with E-state index in [9.17, 15) is 4.79 Å². The first-order valence-electron chi connectivity index (χ1n) is 5.70. The Balaban J connectivity index is 1.80.